The van der Waals surface area contributed by atoms with Crippen molar-refractivity contribution in [2.24, 2.45) is 0 Å². The van der Waals surface area contributed by atoms with E-state index in [-0.39, 0.29) is 20.9 Å². The molecule has 0 spiro atoms. The predicted molar refractivity (Wildman–Crippen MR) is 75.1 cm³/mol. The van der Waals surface area contributed by atoms with Crippen molar-refractivity contribution in [1.29, 1.82) is 0 Å². The van der Waals surface area contributed by atoms with Crippen molar-refractivity contribution in [1.82, 2.24) is 0 Å². The minimum absolute atomic E-state index is 0.166. The summed E-state index contributed by atoms with van der Waals surface area (Å²) in [6.07, 6.45) is 0. The van der Waals surface area contributed by atoms with Crippen molar-refractivity contribution in [3.8, 4) is 11.5 Å². The first-order valence-electron chi connectivity index (χ1n) is 5.72. The second-order valence-corrected chi connectivity index (χ2v) is 6.78. The van der Waals surface area contributed by atoms with Gasteiger partial charge in [0.15, 0.2) is 0 Å². The summed E-state index contributed by atoms with van der Waals surface area (Å²) in [5, 5.41) is 0. The zero-order valence-corrected chi connectivity index (χ0v) is 12.9. The summed E-state index contributed by atoms with van der Waals surface area (Å²) in [7, 11) is 3.34. The van der Waals surface area contributed by atoms with E-state index in [0.717, 1.165) is 16.0 Å². The molecule has 0 aliphatic carbocycles. The summed E-state index contributed by atoms with van der Waals surface area (Å²) in [5.74, 6) is 1.61. The van der Waals surface area contributed by atoms with Crippen LogP contribution in [0.5, 0.6) is 11.5 Å². The van der Waals surface area contributed by atoms with Gasteiger partial charge in [-0.15, -0.1) is 0 Å². The molecule has 0 saturated carbocycles. The molecule has 0 aliphatic rings. The molecular weight excluding hydrogens is 340 g/mol. The fraction of sp³-hybridized carbons (Fsp3) is 0.200. The molecule has 3 heteroatoms. The van der Waals surface area contributed by atoms with Crippen molar-refractivity contribution < 1.29 is 9.47 Å². The van der Waals surface area contributed by atoms with Gasteiger partial charge in [0, 0.05) is 0 Å². The van der Waals surface area contributed by atoms with E-state index in [2.05, 4.69) is 42.5 Å². The third-order valence-corrected chi connectivity index (χ3v) is 5.69. The van der Waals surface area contributed by atoms with Gasteiger partial charge < -0.3 is 0 Å². The van der Waals surface area contributed by atoms with Gasteiger partial charge in [-0.2, -0.15) is 0 Å². The van der Waals surface area contributed by atoms with E-state index in [1.54, 1.807) is 14.2 Å². The number of ether oxygens (including phenoxy) is 2. The Balaban J connectivity index is 2.06. The molecule has 0 fully saturated rings. The van der Waals surface area contributed by atoms with Gasteiger partial charge in [0.1, 0.15) is 0 Å². The minimum atomic E-state index is -0.166. The average Bonchev–Trinajstić information content (AvgIpc) is 2.45. The maximum atomic E-state index is 5.32. The Kier molecular flexibility index (Phi) is 4.92. The van der Waals surface area contributed by atoms with E-state index in [9.17, 15) is 0 Å². The number of hydrogen-bond donors (Lipinski definition) is 0. The van der Waals surface area contributed by atoms with Gasteiger partial charge in [-0.25, -0.2) is 0 Å². The number of hydrogen-bond acceptors (Lipinski definition) is 2. The number of rotatable bonds is 5. The topological polar surface area (TPSA) is 18.5 Å². The van der Waals surface area contributed by atoms with E-state index < -0.39 is 0 Å². The van der Waals surface area contributed by atoms with E-state index in [4.69, 9.17) is 9.47 Å². The normalized spacial score (nSPS) is 10.1. The monoisotopic (exact) mass is 358 g/mol. The molecule has 0 radical (unpaired) electrons. The van der Waals surface area contributed by atoms with Gasteiger partial charge >= 0.3 is 118 Å². The van der Waals surface area contributed by atoms with E-state index in [1.165, 1.54) is 9.17 Å². The molecule has 2 rings (SSSR count). The van der Waals surface area contributed by atoms with Crippen LogP contribution in [0.3, 0.4) is 0 Å². The van der Waals surface area contributed by atoms with Crippen LogP contribution in [-0.4, -0.2) is 35.1 Å². The summed E-state index contributed by atoms with van der Waals surface area (Å²) in [5.41, 5.74) is 1.32. The van der Waals surface area contributed by atoms with E-state index in [1.807, 2.05) is 6.07 Å². The third-order valence-electron chi connectivity index (χ3n) is 2.60. The fourth-order valence-corrected chi connectivity index (χ4v) is 4.12. The van der Waals surface area contributed by atoms with Crippen molar-refractivity contribution >= 4 is 24.5 Å². The third kappa shape index (κ3) is 3.41. The Hall–Kier alpha value is -1.17. The Morgan fingerprint density at radius 3 is 2.28 bits per heavy atom. The van der Waals surface area contributed by atoms with Crippen LogP contribution in [0.25, 0.3) is 0 Å². The molecule has 0 N–H and O–H groups in total. The van der Waals surface area contributed by atoms with Crippen LogP contribution >= 0.6 is 0 Å². The molecule has 2 nitrogen and oxygen atoms in total. The molecule has 2 aromatic carbocycles. The Morgan fingerprint density at radius 1 is 0.889 bits per heavy atom. The van der Waals surface area contributed by atoms with Crippen LogP contribution in [0.15, 0.2) is 48.5 Å². The SMILES string of the molecule is COc1ccc(C[Te]c2ccccc2)cc1OC. The number of benzene rings is 2. The standard InChI is InChI=1S/C15H16O2Te/c1-16-14-9-8-12(10-15(14)17-2)11-18-13-6-4-3-5-7-13/h3-10H,11H2,1-2H3. The van der Waals surface area contributed by atoms with Crippen LogP contribution in [0.4, 0.5) is 0 Å². The van der Waals surface area contributed by atoms with Crippen LogP contribution in [0, 0.1) is 0 Å². The molecule has 0 atom stereocenters. The predicted octanol–water partition coefficient (Wildman–Crippen LogP) is 2.23. The molecular formula is C15H16O2Te. The van der Waals surface area contributed by atoms with Crippen LogP contribution < -0.4 is 13.1 Å². The molecule has 94 valence electrons. The van der Waals surface area contributed by atoms with E-state index in [0.29, 0.717) is 0 Å². The van der Waals surface area contributed by atoms with Crippen molar-refractivity contribution in [3.63, 3.8) is 0 Å². The van der Waals surface area contributed by atoms with Gasteiger partial charge in [-0.05, 0) is 0 Å². The van der Waals surface area contributed by atoms with Crippen LogP contribution in [0.1, 0.15) is 5.56 Å². The van der Waals surface area contributed by atoms with Gasteiger partial charge in [0.2, 0.25) is 0 Å². The summed E-state index contributed by atoms with van der Waals surface area (Å²) in [6, 6.07) is 16.9. The molecule has 0 heterocycles. The zero-order chi connectivity index (χ0) is 12.8. The Morgan fingerprint density at radius 2 is 1.61 bits per heavy atom. The van der Waals surface area contributed by atoms with Crippen molar-refractivity contribution in [2.75, 3.05) is 14.2 Å². The molecule has 0 unspecified atom stereocenters. The maximum absolute atomic E-state index is 5.32. The molecule has 0 aliphatic heterocycles. The summed E-state index contributed by atoms with van der Waals surface area (Å²) < 4.78 is 13.2. The quantitative estimate of drug-likeness (QED) is 0.766. The molecule has 0 saturated heterocycles. The summed E-state index contributed by atoms with van der Waals surface area (Å²) in [4.78, 5) is 0. The van der Waals surface area contributed by atoms with Crippen molar-refractivity contribution in [2.45, 2.75) is 4.47 Å². The van der Waals surface area contributed by atoms with Gasteiger partial charge in [-0.3, -0.25) is 0 Å². The second kappa shape index (κ2) is 6.68. The Bertz CT molecular complexity index is 497. The fourth-order valence-electron chi connectivity index (χ4n) is 1.65. The van der Waals surface area contributed by atoms with Crippen molar-refractivity contribution in [3.05, 3.63) is 54.1 Å². The molecule has 2 aromatic rings. The van der Waals surface area contributed by atoms with Crippen LogP contribution in [-0.2, 0) is 4.47 Å². The first-order valence-corrected chi connectivity index (χ1v) is 8.53. The summed E-state index contributed by atoms with van der Waals surface area (Å²) >= 11 is -0.166. The van der Waals surface area contributed by atoms with Gasteiger partial charge in [-0.1, -0.05) is 0 Å². The molecule has 0 amide bonds. The Labute approximate surface area is 118 Å². The van der Waals surface area contributed by atoms with Crippen LogP contribution in [0.2, 0.25) is 0 Å². The van der Waals surface area contributed by atoms with Gasteiger partial charge in [0.05, 0.1) is 0 Å². The molecule has 0 aromatic heterocycles. The first kappa shape index (κ1) is 13.3. The summed E-state index contributed by atoms with van der Waals surface area (Å²) in [6.45, 7) is 0. The second-order valence-electron chi connectivity index (χ2n) is 3.79. The van der Waals surface area contributed by atoms with E-state index >= 15 is 0 Å². The molecule has 0 bridgehead atoms. The first-order chi connectivity index (χ1) is 8.83. The molecule has 18 heavy (non-hydrogen) atoms. The average molecular weight is 356 g/mol. The zero-order valence-electron chi connectivity index (χ0n) is 10.6. The number of methoxy groups -OCH3 is 2. The van der Waals surface area contributed by atoms with Gasteiger partial charge in [0.25, 0.3) is 0 Å².